The monoisotopic (exact) mass is 157 g/mol. The lowest BCUT2D eigenvalue weighted by Gasteiger charge is -2.21. The van der Waals surface area contributed by atoms with Crippen LogP contribution in [-0.2, 0) is 0 Å². The highest BCUT2D eigenvalue weighted by Gasteiger charge is 2.23. The van der Waals surface area contributed by atoms with E-state index in [0.29, 0.717) is 11.1 Å². The third-order valence-electron chi connectivity index (χ3n) is 2.01. The molecule has 1 heterocycles. The first-order valence-corrected chi connectivity index (χ1v) is 3.86. The van der Waals surface area contributed by atoms with E-state index >= 15 is 0 Å². The number of nitrogens with zero attached hydrogens (tertiary/aromatic N) is 1. The average molecular weight is 158 g/mol. The van der Waals surface area contributed by atoms with E-state index in [4.69, 9.17) is 16.1 Å². The summed E-state index contributed by atoms with van der Waals surface area (Å²) in [7, 11) is 0. The van der Waals surface area contributed by atoms with Crippen molar-refractivity contribution in [1.29, 1.82) is 0 Å². The number of hydrogen-bond acceptors (Lipinski definition) is 2. The molecule has 54 valence electrons. The molecular weight excluding hydrogens is 150 g/mol. The minimum atomic E-state index is 0.474. The minimum absolute atomic E-state index is 0.474. The molecule has 1 fully saturated rings. The van der Waals surface area contributed by atoms with Crippen molar-refractivity contribution in [2.45, 2.75) is 25.2 Å². The van der Waals surface area contributed by atoms with Crippen molar-refractivity contribution < 1.29 is 4.52 Å². The van der Waals surface area contributed by atoms with Gasteiger partial charge in [-0.3, -0.25) is 0 Å². The van der Waals surface area contributed by atoms with Crippen LogP contribution in [0.3, 0.4) is 0 Å². The maximum atomic E-state index is 5.58. The van der Waals surface area contributed by atoms with Crippen LogP contribution < -0.4 is 0 Å². The molecule has 1 aliphatic rings. The standard InChI is InChI=1S/C7H8ClNO/c8-7-4-6(10-9-7)5-2-1-3-5/h4-5H,1-3H2. The van der Waals surface area contributed by atoms with E-state index in [9.17, 15) is 0 Å². The van der Waals surface area contributed by atoms with E-state index in [2.05, 4.69) is 5.16 Å². The Hall–Kier alpha value is -0.500. The summed E-state index contributed by atoms with van der Waals surface area (Å²) < 4.78 is 4.99. The molecule has 10 heavy (non-hydrogen) atoms. The molecule has 1 saturated carbocycles. The van der Waals surface area contributed by atoms with E-state index in [-0.39, 0.29) is 0 Å². The molecule has 0 amide bonds. The van der Waals surface area contributed by atoms with Gasteiger partial charge in [-0.2, -0.15) is 0 Å². The van der Waals surface area contributed by atoms with Crippen LogP contribution in [0.15, 0.2) is 10.6 Å². The van der Waals surface area contributed by atoms with Gasteiger partial charge in [0.05, 0.1) is 0 Å². The normalized spacial score (nSPS) is 18.9. The van der Waals surface area contributed by atoms with E-state index < -0.39 is 0 Å². The Morgan fingerprint density at radius 2 is 2.40 bits per heavy atom. The maximum Gasteiger partial charge on any atom is 0.172 e. The fourth-order valence-electron chi connectivity index (χ4n) is 1.15. The van der Waals surface area contributed by atoms with Crippen LogP contribution >= 0.6 is 11.6 Å². The highest BCUT2D eigenvalue weighted by atomic mass is 35.5. The molecule has 2 nitrogen and oxygen atoms in total. The maximum absolute atomic E-state index is 5.58. The zero-order valence-electron chi connectivity index (χ0n) is 5.51. The van der Waals surface area contributed by atoms with Crippen LogP contribution in [0.5, 0.6) is 0 Å². The SMILES string of the molecule is Clc1cc(C2CCC2)on1. The second-order valence-electron chi connectivity index (χ2n) is 2.68. The molecule has 0 radical (unpaired) electrons. The van der Waals surface area contributed by atoms with Gasteiger partial charge in [0.1, 0.15) is 5.76 Å². The molecule has 3 heteroatoms. The lowest BCUT2D eigenvalue weighted by atomic mass is 9.84. The number of rotatable bonds is 1. The highest BCUT2D eigenvalue weighted by molar-refractivity contribution is 6.29. The predicted octanol–water partition coefficient (Wildman–Crippen LogP) is 2.60. The van der Waals surface area contributed by atoms with Gasteiger partial charge >= 0.3 is 0 Å². The van der Waals surface area contributed by atoms with E-state index in [1.165, 1.54) is 19.3 Å². The zero-order valence-corrected chi connectivity index (χ0v) is 6.27. The first kappa shape index (κ1) is 6.23. The van der Waals surface area contributed by atoms with Crippen LogP contribution in [0.25, 0.3) is 0 Å². The number of hydrogen-bond donors (Lipinski definition) is 0. The van der Waals surface area contributed by atoms with Gasteiger partial charge in [0.2, 0.25) is 0 Å². The molecule has 1 aromatic heterocycles. The smallest absolute Gasteiger partial charge is 0.172 e. The van der Waals surface area contributed by atoms with Crippen molar-refractivity contribution in [2.24, 2.45) is 0 Å². The first-order chi connectivity index (χ1) is 4.86. The van der Waals surface area contributed by atoms with Crippen LogP contribution in [-0.4, -0.2) is 5.16 Å². The Balaban J connectivity index is 2.17. The molecule has 0 spiro atoms. The highest BCUT2D eigenvalue weighted by Crippen LogP contribution is 2.36. The topological polar surface area (TPSA) is 26.0 Å². The van der Waals surface area contributed by atoms with Crippen molar-refractivity contribution >= 4 is 11.6 Å². The largest absolute Gasteiger partial charge is 0.360 e. The molecule has 0 unspecified atom stereocenters. The summed E-state index contributed by atoms with van der Waals surface area (Å²) in [6.07, 6.45) is 3.76. The summed E-state index contributed by atoms with van der Waals surface area (Å²) in [6.45, 7) is 0. The van der Waals surface area contributed by atoms with Crippen LogP contribution in [0.2, 0.25) is 5.15 Å². The molecular formula is C7H8ClNO. The Labute approximate surface area is 64.2 Å². The van der Waals surface area contributed by atoms with E-state index in [1.54, 1.807) is 0 Å². The number of halogens is 1. The molecule has 0 bridgehead atoms. The molecule has 0 aromatic carbocycles. The van der Waals surface area contributed by atoms with E-state index in [1.807, 2.05) is 6.07 Å². The molecule has 1 aliphatic carbocycles. The molecule has 0 atom stereocenters. The summed E-state index contributed by atoms with van der Waals surface area (Å²) in [4.78, 5) is 0. The predicted molar refractivity (Wildman–Crippen MR) is 38.1 cm³/mol. The van der Waals surface area contributed by atoms with Crippen molar-refractivity contribution in [2.75, 3.05) is 0 Å². The van der Waals surface area contributed by atoms with Crippen molar-refractivity contribution in [3.8, 4) is 0 Å². The molecule has 1 aromatic rings. The first-order valence-electron chi connectivity index (χ1n) is 3.48. The molecule has 0 saturated heterocycles. The minimum Gasteiger partial charge on any atom is -0.360 e. The number of aromatic nitrogens is 1. The Morgan fingerprint density at radius 3 is 2.80 bits per heavy atom. The lowest BCUT2D eigenvalue weighted by molar-refractivity contribution is 0.300. The van der Waals surface area contributed by atoms with Gasteiger partial charge in [-0.1, -0.05) is 23.2 Å². The molecule has 2 rings (SSSR count). The summed E-state index contributed by atoms with van der Waals surface area (Å²) in [5.41, 5.74) is 0. The van der Waals surface area contributed by atoms with Gasteiger partial charge < -0.3 is 4.52 Å². The molecule has 0 aliphatic heterocycles. The third-order valence-corrected chi connectivity index (χ3v) is 2.19. The Kier molecular flexibility index (Phi) is 1.42. The van der Waals surface area contributed by atoms with Crippen LogP contribution in [0.4, 0.5) is 0 Å². The van der Waals surface area contributed by atoms with Crippen LogP contribution in [0.1, 0.15) is 30.9 Å². The van der Waals surface area contributed by atoms with E-state index in [0.717, 1.165) is 5.76 Å². The van der Waals surface area contributed by atoms with Crippen LogP contribution in [0, 0.1) is 0 Å². The lowest BCUT2D eigenvalue weighted by Crippen LogP contribution is -2.07. The van der Waals surface area contributed by atoms with Gasteiger partial charge in [0.15, 0.2) is 5.15 Å². The summed E-state index contributed by atoms with van der Waals surface area (Å²) in [6, 6.07) is 1.81. The van der Waals surface area contributed by atoms with Gasteiger partial charge in [0.25, 0.3) is 0 Å². The second-order valence-corrected chi connectivity index (χ2v) is 3.07. The quantitative estimate of drug-likeness (QED) is 0.626. The van der Waals surface area contributed by atoms with Gasteiger partial charge in [-0.25, -0.2) is 0 Å². The third kappa shape index (κ3) is 0.926. The van der Waals surface area contributed by atoms with Gasteiger partial charge in [-0.05, 0) is 12.8 Å². The van der Waals surface area contributed by atoms with Crippen molar-refractivity contribution in [3.63, 3.8) is 0 Å². The second kappa shape index (κ2) is 2.27. The van der Waals surface area contributed by atoms with Crippen molar-refractivity contribution in [1.82, 2.24) is 5.16 Å². The summed E-state index contributed by atoms with van der Waals surface area (Å²) in [5.74, 6) is 1.55. The summed E-state index contributed by atoms with van der Waals surface area (Å²) >= 11 is 5.58. The van der Waals surface area contributed by atoms with Gasteiger partial charge in [0, 0.05) is 12.0 Å². The van der Waals surface area contributed by atoms with Crippen molar-refractivity contribution in [3.05, 3.63) is 17.0 Å². The zero-order chi connectivity index (χ0) is 6.97. The molecule has 0 N–H and O–H groups in total. The Morgan fingerprint density at radius 1 is 1.60 bits per heavy atom. The fourth-order valence-corrected chi connectivity index (χ4v) is 1.29. The summed E-state index contributed by atoms with van der Waals surface area (Å²) in [5, 5.41) is 4.08. The average Bonchev–Trinajstić information content (AvgIpc) is 2.10. The Bertz CT molecular complexity index is 229. The fraction of sp³-hybridized carbons (Fsp3) is 0.571. The van der Waals surface area contributed by atoms with Gasteiger partial charge in [-0.15, -0.1) is 0 Å².